The van der Waals surface area contributed by atoms with Crippen molar-refractivity contribution in [2.24, 2.45) is 0 Å². The molecule has 0 radical (unpaired) electrons. The average molecular weight is 458 g/mol. The van der Waals surface area contributed by atoms with Crippen molar-refractivity contribution in [3.05, 3.63) is 47.1 Å². The molecule has 1 amide bonds. The number of alkyl carbamates (subject to hydrolysis) is 1. The summed E-state index contributed by atoms with van der Waals surface area (Å²) < 4.78 is 7.11. The van der Waals surface area contributed by atoms with Crippen LogP contribution in [0.5, 0.6) is 0 Å². The normalized spacial score (nSPS) is 11.8. The van der Waals surface area contributed by atoms with Crippen LogP contribution in [0.4, 0.5) is 4.79 Å². The largest absolute Gasteiger partial charge is 0.444 e. The molecule has 8 heteroatoms. The second-order valence-electron chi connectivity index (χ2n) is 9.04. The van der Waals surface area contributed by atoms with Crippen LogP contribution in [0.3, 0.4) is 0 Å². The first-order chi connectivity index (χ1) is 15.1. The molecule has 0 saturated heterocycles. The molecule has 0 aliphatic carbocycles. The molecule has 2 N–H and O–H groups in total. The van der Waals surface area contributed by atoms with Gasteiger partial charge < -0.3 is 15.4 Å². The van der Waals surface area contributed by atoms with Gasteiger partial charge in [-0.05, 0) is 65.3 Å². The molecule has 0 bridgehead atoms. The topological polar surface area (TPSA) is 81.1 Å². The van der Waals surface area contributed by atoms with Crippen LogP contribution in [0.15, 0.2) is 36.5 Å². The molecule has 2 aromatic heterocycles. The molecule has 0 spiro atoms. The molecule has 7 nitrogen and oxygen atoms in total. The van der Waals surface area contributed by atoms with E-state index >= 15 is 0 Å². The van der Waals surface area contributed by atoms with Crippen LogP contribution in [0.25, 0.3) is 22.3 Å². The first-order valence-corrected chi connectivity index (χ1v) is 11.3. The number of aromatic nitrogens is 3. The molecule has 0 saturated carbocycles. The van der Waals surface area contributed by atoms with Gasteiger partial charge in [-0.1, -0.05) is 29.8 Å². The highest BCUT2D eigenvalue weighted by Crippen LogP contribution is 2.29. The lowest BCUT2D eigenvalue weighted by Crippen LogP contribution is -2.36. The molecule has 3 aromatic rings. The number of carbonyl (C=O) groups excluding carboxylic acids is 1. The maximum atomic E-state index is 11.6. The summed E-state index contributed by atoms with van der Waals surface area (Å²) in [6.07, 6.45) is 2.24. The van der Waals surface area contributed by atoms with Crippen LogP contribution in [0.1, 0.15) is 46.2 Å². The standard InChI is InChI=1S/C24H32ClN5O2/c1-16(2)30-22-19(15-28-30)20(25)14-21(29-22)18-8-6-7-17(13-18)9-10-26-11-12-27-23(31)32-24(3,4)5/h6-8,13-16,26H,9-12H2,1-5H3,(H,27,31). The minimum absolute atomic E-state index is 0.202. The molecule has 0 atom stereocenters. The van der Waals surface area contributed by atoms with Crippen LogP contribution in [0, 0.1) is 0 Å². The van der Waals surface area contributed by atoms with E-state index in [1.807, 2.05) is 43.7 Å². The van der Waals surface area contributed by atoms with Crippen molar-refractivity contribution in [3.63, 3.8) is 0 Å². The highest BCUT2D eigenvalue weighted by atomic mass is 35.5. The number of hydrogen-bond acceptors (Lipinski definition) is 5. The molecule has 32 heavy (non-hydrogen) atoms. The predicted molar refractivity (Wildman–Crippen MR) is 129 cm³/mol. The number of hydrogen-bond donors (Lipinski definition) is 2. The third kappa shape index (κ3) is 6.43. The van der Waals surface area contributed by atoms with Crippen molar-refractivity contribution in [1.29, 1.82) is 0 Å². The van der Waals surface area contributed by atoms with Crippen molar-refractivity contribution in [2.45, 2.75) is 52.7 Å². The highest BCUT2D eigenvalue weighted by molar-refractivity contribution is 6.35. The third-order valence-corrected chi connectivity index (χ3v) is 5.10. The van der Waals surface area contributed by atoms with Gasteiger partial charge in [0.15, 0.2) is 5.65 Å². The Kier molecular flexibility index (Phi) is 7.74. The maximum Gasteiger partial charge on any atom is 0.407 e. The van der Waals surface area contributed by atoms with Gasteiger partial charge >= 0.3 is 6.09 Å². The van der Waals surface area contributed by atoms with Gasteiger partial charge in [-0.15, -0.1) is 0 Å². The molecule has 172 valence electrons. The number of carbonyl (C=O) groups is 1. The van der Waals surface area contributed by atoms with Gasteiger partial charge in [0, 0.05) is 24.7 Å². The fraction of sp³-hybridized carbons (Fsp3) is 0.458. The Morgan fingerprint density at radius 2 is 1.97 bits per heavy atom. The molecule has 0 aliphatic rings. The predicted octanol–water partition coefficient (Wildman–Crippen LogP) is 4.99. The molecule has 0 fully saturated rings. The van der Waals surface area contributed by atoms with Gasteiger partial charge in [0.2, 0.25) is 0 Å². The fourth-order valence-corrected chi connectivity index (χ4v) is 3.55. The Labute approximate surface area is 194 Å². The lowest BCUT2D eigenvalue weighted by atomic mass is 10.1. The summed E-state index contributed by atoms with van der Waals surface area (Å²) in [6.45, 7) is 11.7. The minimum Gasteiger partial charge on any atom is -0.444 e. The van der Waals surface area contributed by atoms with Gasteiger partial charge in [0.25, 0.3) is 0 Å². The number of rotatable bonds is 8. The Morgan fingerprint density at radius 1 is 1.19 bits per heavy atom. The first kappa shape index (κ1) is 24.0. The summed E-state index contributed by atoms with van der Waals surface area (Å²) in [5.41, 5.74) is 3.37. The summed E-state index contributed by atoms with van der Waals surface area (Å²) in [6, 6.07) is 10.4. The molecule has 0 unspecified atom stereocenters. The highest BCUT2D eigenvalue weighted by Gasteiger charge is 2.15. The Hall–Kier alpha value is -2.64. The van der Waals surface area contributed by atoms with Crippen molar-refractivity contribution in [1.82, 2.24) is 25.4 Å². The summed E-state index contributed by atoms with van der Waals surface area (Å²) in [4.78, 5) is 16.5. The van der Waals surface area contributed by atoms with Gasteiger partial charge in [-0.2, -0.15) is 5.10 Å². The SMILES string of the molecule is CC(C)n1ncc2c(Cl)cc(-c3cccc(CCNCCNC(=O)OC(C)(C)C)c3)nc21. The van der Waals surface area contributed by atoms with E-state index in [9.17, 15) is 4.79 Å². The van der Waals surface area contributed by atoms with Gasteiger partial charge in [-0.25, -0.2) is 14.5 Å². The zero-order chi connectivity index (χ0) is 23.3. The fourth-order valence-electron chi connectivity index (χ4n) is 3.32. The third-order valence-electron chi connectivity index (χ3n) is 4.79. The molecule has 1 aromatic carbocycles. The van der Waals surface area contributed by atoms with E-state index in [4.69, 9.17) is 21.3 Å². The Balaban J connectivity index is 1.57. The summed E-state index contributed by atoms with van der Waals surface area (Å²) in [7, 11) is 0. The average Bonchev–Trinajstić information content (AvgIpc) is 3.14. The number of nitrogens with zero attached hydrogens (tertiary/aromatic N) is 3. The number of nitrogens with one attached hydrogen (secondary N) is 2. The van der Waals surface area contributed by atoms with Gasteiger partial charge in [-0.3, -0.25) is 0 Å². The number of ether oxygens (including phenoxy) is 1. The van der Waals surface area contributed by atoms with E-state index in [1.165, 1.54) is 5.56 Å². The zero-order valence-corrected chi connectivity index (χ0v) is 20.2. The lowest BCUT2D eigenvalue weighted by Gasteiger charge is -2.19. The molecule has 2 heterocycles. The Bertz CT molecular complexity index is 1070. The summed E-state index contributed by atoms with van der Waals surface area (Å²) in [5.74, 6) is 0. The quantitative estimate of drug-likeness (QED) is 0.466. The van der Waals surface area contributed by atoms with Crippen LogP contribution in [-0.4, -0.2) is 46.1 Å². The smallest absolute Gasteiger partial charge is 0.407 e. The van der Waals surface area contributed by atoms with Crippen molar-refractivity contribution in [2.75, 3.05) is 19.6 Å². The van der Waals surface area contributed by atoms with Crippen molar-refractivity contribution >= 4 is 28.7 Å². The number of amides is 1. The van der Waals surface area contributed by atoms with Crippen molar-refractivity contribution < 1.29 is 9.53 Å². The van der Waals surface area contributed by atoms with E-state index in [1.54, 1.807) is 6.20 Å². The number of halogens is 1. The van der Waals surface area contributed by atoms with E-state index in [0.29, 0.717) is 18.1 Å². The molecule has 0 aliphatic heterocycles. The monoisotopic (exact) mass is 457 g/mol. The number of pyridine rings is 1. The second-order valence-corrected chi connectivity index (χ2v) is 9.45. The lowest BCUT2D eigenvalue weighted by molar-refractivity contribution is 0.0528. The molecular formula is C24H32ClN5O2. The first-order valence-electron chi connectivity index (χ1n) is 10.9. The minimum atomic E-state index is -0.486. The van der Waals surface area contributed by atoms with Gasteiger partial charge in [0.1, 0.15) is 5.60 Å². The van der Waals surface area contributed by atoms with E-state index in [0.717, 1.165) is 35.3 Å². The van der Waals surface area contributed by atoms with E-state index < -0.39 is 11.7 Å². The van der Waals surface area contributed by atoms with Crippen molar-refractivity contribution in [3.8, 4) is 11.3 Å². The zero-order valence-electron chi connectivity index (χ0n) is 19.4. The summed E-state index contributed by atoms with van der Waals surface area (Å²) >= 11 is 6.52. The maximum absolute atomic E-state index is 11.6. The van der Waals surface area contributed by atoms with Gasteiger partial charge in [0.05, 0.1) is 22.3 Å². The number of benzene rings is 1. The Morgan fingerprint density at radius 3 is 2.69 bits per heavy atom. The van der Waals surface area contributed by atoms with Crippen LogP contribution in [0.2, 0.25) is 5.02 Å². The molecular weight excluding hydrogens is 426 g/mol. The second kappa shape index (κ2) is 10.3. The van der Waals surface area contributed by atoms with Crippen LogP contribution >= 0.6 is 11.6 Å². The van der Waals surface area contributed by atoms with E-state index in [2.05, 4.69) is 41.7 Å². The van der Waals surface area contributed by atoms with E-state index in [-0.39, 0.29) is 6.04 Å². The summed E-state index contributed by atoms with van der Waals surface area (Å²) in [5, 5.41) is 12.0. The van der Waals surface area contributed by atoms with Crippen LogP contribution in [-0.2, 0) is 11.2 Å². The molecule has 3 rings (SSSR count). The van der Waals surface area contributed by atoms with Crippen LogP contribution < -0.4 is 10.6 Å². The number of fused-ring (bicyclic) bond motifs is 1.